The van der Waals surface area contributed by atoms with E-state index in [4.69, 9.17) is 0 Å². The fourth-order valence-corrected chi connectivity index (χ4v) is 4.14. The number of aromatic nitrogens is 1. The summed E-state index contributed by atoms with van der Waals surface area (Å²) in [4.78, 5) is 12.7. The molecule has 0 radical (unpaired) electrons. The lowest BCUT2D eigenvalue weighted by atomic mass is 9.99. The van der Waals surface area contributed by atoms with Crippen molar-refractivity contribution in [1.29, 1.82) is 0 Å². The predicted octanol–water partition coefficient (Wildman–Crippen LogP) is 3.49. The Labute approximate surface area is 183 Å². The molecule has 2 heterocycles. The number of hydrogen-bond acceptors (Lipinski definition) is 4. The van der Waals surface area contributed by atoms with Gasteiger partial charge < -0.3 is 10.6 Å². The van der Waals surface area contributed by atoms with Gasteiger partial charge in [0.2, 0.25) is 0 Å². The molecule has 0 fully saturated rings. The van der Waals surface area contributed by atoms with E-state index in [1.807, 2.05) is 7.05 Å². The molecule has 2 N–H and O–H groups in total. The number of halogens is 1. The van der Waals surface area contributed by atoms with Gasteiger partial charge in [0.1, 0.15) is 5.01 Å². The third-order valence-electron chi connectivity index (χ3n) is 5.05. The first-order valence-electron chi connectivity index (χ1n) is 9.25. The highest BCUT2D eigenvalue weighted by molar-refractivity contribution is 14.0. The second kappa shape index (κ2) is 10.4. The van der Waals surface area contributed by atoms with Crippen molar-refractivity contribution in [3.8, 4) is 0 Å². The molecule has 1 aromatic heterocycles. The summed E-state index contributed by atoms with van der Waals surface area (Å²) in [7, 11) is 1.81. The lowest BCUT2D eigenvalue weighted by Gasteiger charge is -2.34. The highest BCUT2D eigenvalue weighted by Crippen LogP contribution is 2.20. The van der Waals surface area contributed by atoms with Crippen LogP contribution in [0, 0.1) is 13.8 Å². The van der Waals surface area contributed by atoms with Crippen molar-refractivity contribution in [2.75, 3.05) is 20.1 Å². The van der Waals surface area contributed by atoms with Crippen LogP contribution in [0.5, 0.6) is 0 Å². The number of fused-ring (bicyclic) bond motifs is 1. The number of aliphatic imine (C=N–C) groups is 1. The Kier molecular flexibility index (Phi) is 8.50. The Hall–Kier alpha value is -1.19. The van der Waals surface area contributed by atoms with Crippen LogP contribution in [-0.2, 0) is 19.5 Å². The second-order valence-electron chi connectivity index (χ2n) is 6.89. The van der Waals surface area contributed by atoms with Crippen LogP contribution in [-0.4, -0.2) is 42.0 Å². The minimum absolute atomic E-state index is 0. The van der Waals surface area contributed by atoms with Gasteiger partial charge in [-0.3, -0.25) is 9.89 Å². The van der Waals surface area contributed by atoms with E-state index in [-0.39, 0.29) is 24.0 Å². The standard InChI is InChI=1S/C20H29N5S.HI/c1-14(25-10-9-17-7-5-6-8-18(17)13-25)11-22-20(21-4)23-12-19-24-15(2)16(3)26-19;/h5-8,14H,9-13H2,1-4H3,(H2,21,22,23);1H. The molecular weight excluding hydrogens is 469 g/mol. The van der Waals surface area contributed by atoms with Crippen LogP contribution in [0.15, 0.2) is 29.3 Å². The normalized spacial score (nSPS) is 15.6. The highest BCUT2D eigenvalue weighted by atomic mass is 127. The molecule has 7 heteroatoms. The Morgan fingerprint density at radius 3 is 2.67 bits per heavy atom. The van der Waals surface area contributed by atoms with Crippen molar-refractivity contribution in [1.82, 2.24) is 20.5 Å². The first-order valence-corrected chi connectivity index (χ1v) is 10.1. The molecule has 5 nitrogen and oxygen atoms in total. The van der Waals surface area contributed by atoms with Crippen LogP contribution in [0.4, 0.5) is 0 Å². The average molecular weight is 499 g/mol. The first-order chi connectivity index (χ1) is 12.6. The van der Waals surface area contributed by atoms with Crippen LogP contribution in [0.3, 0.4) is 0 Å². The number of thiazole rings is 1. The Balaban J connectivity index is 0.00000261. The van der Waals surface area contributed by atoms with E-state index in [2.05, 4.69) is 70.5 Å². The number of hydrogen-bond donors (Lipinski definition) is 2. The SMILES string of the molecule is CN=C(NCc1nc(C)c(C)s1)NCC(C)N1CCc2ccccc2C1.I. The maximum Gasteiger partial charge on any atom is 0.191 e. The summed E-state index contributed by atoms with van der Waals surface area (Å²) < 4.78 is 0. The number of rotatable bonds is 5. The fraction of sp³-hybridized carbons (Fsp3) is 0.500. The van der Waals surface area contributed by atoms with Crippen molar-refractivity contribution in [2.24, 2.45) is 4.99 Å². The van der Waals surface area contributed by atoms with Gasteiger partial charge in [-0.25, -0.2) is 4.98 Å². The van der Waals surface area contributed by atoms with E-state index in [9.17, 15) is 0 Å². The van der Waals surface area contributed by atoms with Gasteiger partial charge in [-0.2, -0.15) is 0 Å². The molecule has 1 atom stereocenters. The van der Waals surface area contributed by atoms with Gasteiger partial charge in [0.25, 0.3) is 0 Å². The van der Waals surface area contributed by atoms with E-state index in [1.165, 1.54) is 16.0 Å². The van der Waals surface area contributed by atoms with E-state index in [0.29, 0.717) is 12.6 Å². The molecule has 148 valence electrons. The molecule has 27 heavy (non-hydrogen) atoms. The van der Waals surface area contributed by atoms with Gasteiger partial charge in [0, 0.05) is 37.6 Å². The molecule has 1 aromatic carbocycles. The molecule has 1 aliphatic heterocycles. The second-order valence-corrected chi connectivity index (χ2v) is 8.18. The fourth-order valence-electron chi connectivity index (χ4n) is 3.26. The molecule has 0 saturated carbocycles. The van der Waals surface area contributed by atoms with E-state index >= 15 is 0 Å². The summed E-state index contributed by atoms with van der Waals surface area (Å²) in [6, 6.07) is 9.23. The van der Waals surface area contributed by atoms with Gasteiger partial charge in [-0.15, -0.1) is 35.3 Å². The predicted molar refractivity (Wildman–Crippen MR) is 125 cm³/mol. The van der Waals surface area contributed by atoms with Gasteiger partial charge in [-0.1, -0.05) is 24.3 Å². The lowest BCUT2D eigenvalue weighted by molar-refractivity contribution is 0.191. The van der Waals surface area contributed by atoms with E-state index < -0.39 is 0 Å². The molecule has 0 bridgehead atoms. The average Bonchev–Trinajstić information content (AvgIpc) is 2.99. The zero-order valence-electron chi connectivity index (χ0n) is 16.6. The Morgan fingerprint density at radius 2 is 2.00 bits per heavy atom. The Morgan fingerprint density at radius 1 is 1.26 bits per heavy atom. The summed E-state index contributed by atoms with van der Waals surface area (Å²) in [5.74, 6) is 0.833. The quantitative estimate of drug-likeness (QED) is 0.376. The molecule has 0 spiro atoms. The van der Waals surface area contributed by atoms with Crippen molar-refractivity contribution in [2.45, 2.75) is 46.3 Å². The number of aryl methyl sites for hydroxylation is 2. The summed E-state index contributed by atoms with van der Waals surface area (Å²) >= 11 is 1.74. The number of nitrogens with zero attached hydrogens (tertiary/aromatic N) is 3. The molecule has 0 aliphatic carbocycles. The first kappa shape index (κ1) is 22.1. The third kappa shape index (κ3) is 5.89. The largest absolute Gasteiger partial charge is 0.355 e. The van der Waals surface area contributed by atoms with Gasteiger partial charge >= 0.3 is 0 Å². The van der Waals surface area contributed by atoms with Crippen molar-refractivity contribution in [3.05, 3.63) is 51.0 Å². The summed E-state index contributed by atoms with van der Waals surface area (Å²) in [5.41, 5.74) is 4.08. The minimum atomic E-state index is 0. The molecule has 0 saturated heterocycles. The lowest BCUT2D eigenvalue weighted by Crippen LogP contribution is -2.47. The monoisotopic (exact) mass is 499 g/mol. The van der Waals surface area contributed by atoms with Crippen LogP contribution in [0.25, 0.3) is 0 Å². The van der Waals surface area contributed by atoms with Gasteiger partial charge in [0.15, 0.2) is 5.96 Å². The number of guanidine groups is 1. The van der Waals surface area contributed by atoms with Crippen molar-refractivity contribution < 1.29 is 0 Å². The van der Waals surface area contributed by atoms with Crippen molar-refractivity contribution in [3.63, 3.8) is 0 Å². The number of nitrogens with one attached hydrogen (secondary N) is 2. The molecule has 1 aliphatic rings. The van der Waals surface area contributed by atoms with E-state index in [1.54, 1.807) is 11.3 Å². The summed E-state index contributed by atoms with van der Waals surface area (Å²) in [6.07, 6.45) is 1.14. The molecule has 2 aromatic rings. The van der Waals surface area contributed by atoms with Gasteiger partial charge in [-0.05, 0) is 38.3 Å². The molecule has 0 amide bonds. The van der Waals surface area contributed by atoms with Crippen molar-refractivity contribution >= 4 is 41.3 Å². The smallest absolute Gasteiger partial charge is 0.191 e. The Bertz CT molecular complexity index is 754. The minimum Gasteiger partial charge on any atom is -0.355 e. The maximum atomic E-state index is 4.57. The molecule has 3 rings (SSSR count). The third-order valence-corrected chi connectivity index (χ3v) is 6.12. The summed E-state index contributed by atoms with van der Waals surface area (Å²) in [6.45, 7) is 10.2. The number of benzene rings is 1. The van der Waals surface area contributed by atoms with Crippen LogP contribution in [0.2, 0.25) is 0 Å². The van der Waals surface area contributed by atoms with E-state index in [0.717, 1.165) is 42.7 Å². The highest BCUT2D eigenvalue weighted by Gasteiger charge is 2.20. The van der Waals surface area contributed by atoms with Crippen LogP contribution in [0.1, 0.15) is 33.6 Å². The molecule has 1 unspecified atom stereocenters. The van der Waals surface area contributed by atoms with Crippen LogP contribution < -0.4 is 10.6 Å². The molecular formula is C20H30IN5S. The van der Waals surface area contributed by atoms with Gasteiger partial charge in [0.05, 0.1) is 12.2 Å². The zero-order valence-corrected chi connectivity index (χ0v) is 19.7. The zero-order chi connectivity index (χ0) is 18.5. The maximum absolute atomic E-state index is 4.57. The van der Waals surface area contributed by atoms with Crippen LogP contribution >= 0.6 is 35.3 Å². The topological polar surface area (TPSA) is 52.6 Å². The summed E-state index contributed by atoms with van der Waals surface area (Å²) in [5, 5.41) is 7.93.